The van der Waals surface area contributed by atoms with Crippen molar-refractivity contribution in [2.45, 2.75) is 31.8 Å². The maximum Gasteiger partial charge on any atom is 0.301 e. The predicted molar refractivity (Wildman–Crippen MR) is 82.0 cm³/mol. The van der Waals surface area contributed by atoms with Crippen LogP contribution in [0.1, 0.15) is 36.9 Å². The lowest BCUT2D eigenvalue weighted by Crippen LogP contribution is -2.44. The van der Waals surface area contributed by atoms with Crippen LogP contribution in [0.25, 0.3) is 0 Å². The van der Waals surface area contributed by atoms with Gasteiger partial charge in [0.25, 0.3) is 0 Å². The van der Waals surface area contributed by atoms with Gasteiger partial charge in [-0.1, -0.05) is 12.1 Å². The molecule has 2 aromatic rings. The van der Waals surface area contributed by atoms with Crippen molar-refractivity contribution in [1.82, 2.24) is 9.78 Å². The lowest BCUT2D eigenvalue weighted by atomic mass is 9.83. The van der Waals surface area contributed by atoms with Crippen molar-refractivity contribution in [3.63, 3.8) is 0 Å². The zero-order valence-electron chi connectivity index (χ0n) is 12.6. The standard InChI is InChI=1S/C15H16N4O4/c1-8(2)18-14-11(7-16-18)12(9-4-3-5-10(20)6-9)13(19(22)23)15(21)17-14/h3-8,12-13,20H,1-2H3,(H,17,21)/t12-,13-/m1/s1. The Morgan fingerprint density at radius 1 is 1.43 bits per heavy atom. The first kappa shape index (κ1) is 15.0. The van der Waals surface area contributed by atoms with E-state index in [1.54, 1.807) is 23.0 Å². The number of nitrogens with one attached hydrogen (secondary N) is 1. The Balaban J connectivity index is 2.20. The van der Waals surface area contributed by atoms with E-state index in [2.05, 4.69) is 10.4 Å². The fourth-order valence-electron chi connectivity index (χ4n) is 2.93. The van der Waals surface area contributed by atoms with Crippen LogP contribution < -0.4 is 5.32 Å². The lowest BCUT2D eigenvalue weighted by Gasteiger charge is -2.27. The van der Waals surface area contributed by atoms with Crippen LogP contribution in [0.5, 0.6) is 5.75 Å². The number of carbonyl (C=O) groups excluding carboxylic acids is 1. The van der Waals surface area contributed by atoms with Crippen LogP contribution in [0, 0.1) is 10.1 Å². The number of hydrogen-bond donors (Lipinski definition) is 2. The Morgan fingerprint density at radius 3 is 2.78 bits per heavy atom. The summed E-state index contributed by atoms with van der Waals surface area (Å²) in [6.07, 6.45) is 1.54. The molecule has 0 bridgehead atoms. The summed E-state index contributed by atoms with van der Waals surface area (Å²) in [6.45, 7) is 3.81. The Kier molecular flexibility index (Phi) is 3.51. The Labute approximate surface area is 131 Å². The van der Waals surface area contributed by atoms with Gasteiger partial charge in [-0.15, -0.1) is 0 Å². The van der Waals surface area contributed by atoms with E-state index in [0.29, 0.717) is 16.9 Å². The molecule has 1 aromatic heterocycles. The number of fused-ring (bicyclic) bond motifs is 1. The van der Waals surface area contributed by atoms with Crippen molar-refractivity contribution in [3.05, 3.63) is 51.7 Å². The van der Waals surface area contributed by atoms with Crippen LogP contribution >= 0.6 is 0 Å². The summed E-state index contributed by atoms with van der Waals surface area (Å²) < 4.78 is 1.62. The van der Waals surface area contributed by atoms with E-state index in [9.17, 15) is 20.0 Å². The third-order valence-electron chi connectivity index (χ3n) is 3.93. The molecule has 23 heavy (non-hydrogen) atoms. The molecule has 1 amide bonds. The van der Waals surface area contributed by atoms with Gasteiger partial charge in [-0.2, -0.15) is 5.10 Å². The fraction of sp³-hybridized carbons (Fsp3) is 0.333. The van der Waals surface area contributed by atoms with Gasteiger partial charge in [0.2, 0.25) is 0 Å². The monoisotopic (exact) mass is 316 g/mol. The predicted octanol–water partition coefficient (Wildman–Crippen LogP) is 1.90. The lowest BCUT2D eigenvalue weighted by molar-refractivity contribution is -0.509. The average molecular weight is 316 g/mol. The van der Waals surface area contributed by atoms with Gasteiger partial charge >= 0.3 is 11.9 Å². The van der Waals surface area contributed by atoms with E-state index in [1.807, 2.05) is 13.8 Å². The molecule has 8 heteroatoms. The summed E-state index contributed by atoms with van der Waals surface area (Å²) in [7, 11) is 0. The van der Waals surface area contributed by atoms with Gasteiger partial charge in [-0.3, -0.25) is 14.9 Å². The smallest absolute Gasteiger partial charge is 0.301 e. The largest absolute Gasteiger partial charge is 0.508 e. The van der Waals surface area contributed by atoms with E-state index >= 15 is 0 Å². The molecule has 2 atom stereocenters. The highest BCUT2D eigenvalue weighted by Gasteiger charge is 2.47. The van der Waals surface area contributed by atoms with Gasteiger partial charge in [-0.25, -0.2) is 4.68 Å². The minimum Gasteiger partial charge on any atom is -0.508 e. The summed E-state index contributed by atoms with van der Waals surface area (Å²) in [5.41, 5.74) is 1.08. The summed E-state index contributed by atoms with van der Waals surface area (Å²) in [4.78, 5) is 23.1. The number of anilines is 1. The molecule has 0 unspecified atom stereocenters. The van der Waals surface area contributed by atoms with E-state index in [0.717, 1.165) is 0 Å². The number of aromatic hydroxyl groups is 1. The topological polar surface area (TPSA) is 110 Å². The van der Waals surface area contributed by atoms with Gasteiger partial charge in [0.1, 0.15) is 11.6 Å². The number of amides is 1. The van der Waals surface area contributed by atoms with E-state index in [4.69, 9.17) is 0 Å². The number of carbonyl (C=O) groups is 1. The molecule has 1 aromatic carbocycles. The fourth-order valence-corrected chi connectivity index (χ4v) is 2.93. The van der Waals surface area contributed by atoms with Gasteiger partial charge in [0.15, 0.2) is 0 Å². The van der Waals surface area contributed by atoms with Gasteiger partial charge in [0.05, 0.1) is 12.1 Å². The van der Waals surface area contributed by atoms with Crippen molar-refractivity contribution in [2.75, 3.05) is 5.32 Å². The first-order valence-electron chi connectivity index (χ1n) is 7.21. The Hall–Kier alpha value is -2.90. The molecular formula is C15H16N4O4. The highest BCUT2D eigenvalue weighted by molar-refractivity contribution is 5.97. The number of phenolic OH excluding ortho intramolecular Hbond substituents is 1. The molecule has 1 aliphatic heterocycles. The normalized spacial score (nSPS) is 20.2. The second kappa shape index (κ2) is 5.38. The van der Waals surface area contributed by atoms with Crippen LogP contribution in [-0.4, -0.2) is 31.8 Å². The van der Waals surface area contributed by atoms with E-state index < -0.39 is 22.8 Å². The van der Waals surface area contributed by atoms with E-state index in [-0.39, 0.29) is 11.8 Å². The van der Waals surface area contributed by atoms with Crippen molar-refractivity contribution in [1.29, 1.82) is 0 Å². The molecule has 1 aliphatic rings. The molecule has 2 heterocycles. The average Bonchev–Trinajstić information content (AvgIpc) is 2.88. The van der Waals surface area contributed by atoms with Crippen molar-refractivity contribution < 1.29 is 14.8 Å². The molecule has 0 radical (unpaired) electrons. The maximum absolute atomic E-state index is 12.3. The zero-order chi connectivity index (χ0) is 16.7. The molecule has 3 rings (SSSR count). The van der Waals surface area contributed by atoms with Gasteiger partial charge < -0.3 is 10.4 Å². The molecule has 8 nitrogen and oxygen atoms in total. The summed E-state index contributed by atoms with van der Waals surface area (Å²) in [5, 5.41) is 28.0. The van der Waals surface area contributed by atoms with Gasteiger partial charge in [0, 0.05) is 16.5 Å². The second-order valence-corrected chi connectivity index (χ2v) is 5.78. The minimum absolute atomic E-state index is 0.00367. The number of phenols is 1. The second-order valence-electron chi connectivity index (χ2n) is 5.78. The molecule has 0 saturated heterocycles. The minimum atomic E-state index is -1.46. The highest BCUT2D eigenvalue weighted by Crippen LogP contribution is 2.39. The molecule has 0 aliphatic carbocycles. The number of rotatable bonds is 3. The van der Waals surface area contributed by atoms with Crippen LogP contribution in [-0.2, 0) is 4.79 Å². The highest BCUT2D eigenvalue weighted by atomic mass is 16.6. The van der Waals surface area contributed by atoms with E-state index in [1.165, 1.54) is 12.1 Å². The SMILES string of the molecule is CC(C)n1ncc2c1NC(=O)[C@H]([N+](=O)[O-])[C@@H]2c1cccc(O)c1. The molecule has 120 valence electrons. The van der Waals surface area contributed by atoms with Crippen molar-refractivity contribution in [2.24, 2.45) is 0 Å². The number of benzene rings is 1. The number of nitro groups is 1. The molecule has 0 spiro atoms. The maximum atomic E-state index is 12.3. The Morgan fingerprint density at radius 2 is 2.17 bits per heavy atom. The van der Waals surface area contributed by atoms with Gasteiger partial charge in [-0.05, 0) is 31.5 Å². The summed E-state index contributed by atoms with van der Waals surface area (Å²) in [6, 6.07) is 4.71. The summed E-state index contributed by atoms with van der Waals surface area (Å²) >= 11 is 0. The van der Waals surface area contributed by atoms with Crippen LogP contribution in [0.3, 0.4) is 0 Å². The van der Waals surface area contributed by atoms with Crippen LogP contribution in [0.15, 0.2) is 30.5 Å². The number of aromatic nitrogens is 2. The molecule has 0 fully saturated rings. The molecular weight excluding hydrogens is 300 g/mol. The Bertz CT molecular complexity index is 784. The summed E-state index contributed by atoms with van der Waals surface area (Å²) in [5.74, 6) is -1.02. The quantitative estimate of drug-likeness (QED) is 0.663. The number of hydrogen-bond acceptors (Lipinski definition) is 5. The zero-order valence-corrected chi connectivity index (χ0v) is 12.6. The first-order valence-corrected chi connectivity index (χ1v) is 7.21. The number of nitrogens with zero attached hydrogens (tertiary/aromatic N) is 3. The van der Waals surface area contributed by atoms with Crippen molar-refractivity contribution in [3.8, 4) is 5.75 Å². The third kappa shape index (κ3) is 2.41. The first-order chi connectivity index (χ1) is 10.9. The van der Waals surface area contributed by atoms with Crippen molar-refractivity contribution >= 4 is 11.7 Å². The van der Waals surface area contributed by atoms with Crippen LogP contribution in [0.2, 0.25) is 0 Å². The molecule has 2 N–H and O–H groups in total. The molecule has 0 saturated carbocycles. The third-order valence-corrected chi connectivity index (χ3v) is 3.93. The van der Waals surface area contributed by atoms with Crippen LogP contribution in [0.4, 0.5) is 5.82 Å².